The molecule has 0 fully saturated rings. The predicted octanol–water partition coefficient (Wildman–Crippen LogP) is 4.49. The number of rotatable bonds is 7. The first-order chi connectivity index (χ1) is 13.1. The number of anilines is 4. The Labute approximate surface area is 163 Å². The lowest BCUT2D eigenvalue weighted by Crippen LogP contribution is -2.08. The lowest BCUT2D eigenvalue weighted by atomic mass is 10.1. The molecule has 27 heavy (non-hydrogen) atoms. The van der Waals surface area contributed by atoms with Crippen LogP contribution in [0.1, 0.15) is 12.5 Å². The Hall–Kier alpha value is -3.12. The monoisotopic (exact) mass is 381 g/mol. The molecule has 3 N–H and O–H groups in total. The van der Waals surface area contributed by atoms with Crippen LogP contribution in [0, 0.1) is 0 Å². The fraction of sp³-hybridized carbons (Fsp3) is 0.150. The zero-order valence-corrected chi connectivity index (χ0v) is 15.6. The lowest BCUT2D eigenvalue weighted by Gasteiger charge is -2.09. The van der Waals surface area contributed by atoms with Crippen LogP contribution < -0.4 is 16.0 Å². The van der Waals surface area contributed by atoms with Crippen molar-refractivity contribution in [3.63, 3.8) is 0 Å². The van der Waals surface area contributed by atoms with Crippen molar-refractivity contribution in [2.75, 3.05) is 22.5 Å². The van der Waals surface area contributed by atoms with Gasteiger partial charge in [0.15, 0.2) is 0 Å². The maximum absolute atomic E-state index is 11.1. The van der Waals surface area contributed by atoms with Crippen LogP contribution in [0.2, 0.25) is 5.02 Å². The molecule has 1 aromatic heterocycles. The van der Waals surface area contributed by atoms with E-state index in [9.17, 15) is 4.79 Å². The first-order valence-electron chi connectivity index (χ1n) is 8.54. The van der Waals surface area contributed by atoms with Crippen molar-refractivity contribution < 1.29 is 4.79 Å². The van der Waals surface area contributed by atoms with Gasteiger partial charge in [-0.25, -0.2) is 4.98 Å². The molecule has 0 aliphatic heterocycles. The maximum atomic E-state index is 11.1. The van der Waals surface area contributed by atoms with E-state index in [1.807, 2.05) is 48.5 Å². The Morgan fingerprint density at radius 3 is 2.41 bits per heavy atom. The summed E-state index contributed by atoms with van der Waals surface area (Å²) in [7, 11) is 0. The molecule has 3 aromatic rings. The number of nitrogens with one attached hydrogen (secondary N) is 3. The van der Waals surface area contributed by atoms with E-state index in [-0.39, 0.29) is 5.91 Å². The highest BCUT2D eigenvalue weighted by Crippen LogP contribution is 2.18. The Bertz CT molecular complexity index is 897. The maximum Gasteiger partial charge on any atom is 0.224 e. The van der Waals surface area contributed by atoms with Crippen molar-refractivity contribution in [2.45, 2.75) is 13.3 Å². The van der Waals surface area contributed by atoms with Crippen LogP contribution in [-0.2, 0) is 11.2 Å². The minimum atomic E-state index is -0.0965. The molecule has 0 saturated heterocycles. The highest BCUT2D eigenvalue weighted by atomic mass is 35.5. The molecule has 0 unspecified atom stereocenters. The van der Waals surface area contributed by atoms with E-state index in [2.05, 4.69) is 25.9 Å². The average molecular weight is 382 g/mol. The first kappa shape index (κ1) is 18.7. The van der Waals surface area contributed by atoms with Gasteiger partial charge in [-0.15, -0.1) is 0 Å². The molecule has 7 heteroatoms. The van der Waals surface area contributed by atoms with E-state index in [0.717, 1.165) is 29.4 Å². The summed E-state index contributed by atoms with van der Waals surface area (Å²) in [5.41, 5.74) is 2.82. The number of hydrogen-bond acceptors (Lipinski definition) is 5. The van der Waals surface area contributed by atoms with Gasteiger partial charge in [0.25, 0.3) is 0 Å². The number of nitrogens with zero attached hydrogens (tertiary/aromatic N) is 2. The second-order valence-electron chi connectivity index (χ2n) is 5.95. The highest BCUT2D eigenvalue weighted by Gasteiger charge is 2.02. The van der Waals surface area contributed by atoms with Crippen LogP contribution >= 0.6 is 11.6 Å². The minimum Gasteiger partial charge on any atom is -0.354 e. The quantitative estimate of drug-likeness (QED) is 0.562. The summed E-state index contributed by atoms with van der Waals surface area (Å²) < 4.78 is 0. The Balaban J connectivity index is 1.55. The van der Waals surface area contributed by atoms with Gasteiger partial charge in [0.1, 0.15) is 5.82 Å². The minimum absolute atomic E-state index is 0.0965. The third kappa shape index (κ3) is 5.97. The van der Waals surface area contributed by atoms with E-state index < -0.39 is 0 Å². The molecule has 1 heterocycles. The molecule has 1 amide bonds. The fourth-order valence-corrected chi connectivity index (χ4v) is 2.60. The number of halogens is 1. The Kier molecular flexibility index (Phi) is 6.22. The summed E-state index contributed by atoms with van der Waals surface area (Å²) in [6.45, 7) is 2.20. The SMILES string of the molecule is CC(=O)Nc1ccc(Nc2ccnc(NCCc3ccc(Cl)cc3)n2)cc1. The summed E-state index contributed by atoms with van der Waals surface area (Å²) in [5.74, 6) is 1.15. The molecule has 0 aliphatic rings. The van der Waals surface area contributed by atoms with Crippen molar-refractivity contribution in [3.05, 3.63) is 71.4 Å². The fourth-order valence-electron chi connectivity index (χ4n) is 2.47. The van der Waals surface area contributed by atoms with Gasteiger partial charge in [-0.3, -0.25) is 4.79 Å². The van der Waals surface area contributed by atoms with Gasteiger partial charge in [-0.1, -0.05) is 23.7 Å². The molecule has 138 valence electrons. The number of carbonyl (C=O) groups excluding carboxylic acids is 1. The molecule has 0 atom stereocenters. The van der Waals surface area contributed by atoms with E-state index >= 15 is 0 Å². The van der Waals surface area contributed by atoms with Gasteiger partial charge in [-0.05, 0) is 54.4 Å². The third-order valence-corrected chi connectivity index (χ3v) is 4.00. The van der Waals surface area contributed by atoms with E-state index in [1.165, 1.54) is 12.5 Å². The molecule has 2 aromatic carbocycles. The number of amides is 1. The second kappa shape index (κ2) is 9.00. The number of hydrogen-bond donors (Lipinski definition) is 3. The summed E-state index contributed by atoms with van der Waals surface area (Å²) in [6.07, 6.45) is 2.55. The van der Waals surface area contributed by atoms with Crippen LogP contribution in [0.15, 0.2) is 60.8 Å². The van der Waals surface area contributed by atoms with Crippen LogP contribution in [0.3, 0.4) is 0 Å². The molecule has 0 bridgehead atoms. The van der Waals surface area contributed by atoms with Crippen molar-refractivity contribution in [1.29, 1.82) is 0 Å². The zero-order chi connectivity index (χ0) is 19.1. The van der Waals surface area contributed by atoms with Crippen LogP contribution in [-0.4, -0.2) is 22.4 Å². The summed E-state index contributed by atoms with van der Waals surface area (Å²) in [6, 6.07) is 17.0. The van der Waals surface area contributed by atoms with Crippen molar-refractivity contribution in [2.24, 2.45) is 0 Å². The summed E-state index contributed by atoms with van der Waals surface area (Å²) >= 11 is 5.90. The van der Waals surface area contributed by atoms with Gasteiger partial charge in [0, 0.05) is 36.1 Å². The lowest BCUT2D eigenvalue weighted by molar-refractivity contribution is -0.114. The van der Waals surface area contributed by atoms with Crippen molar-refractivity contribution in [1.82, 2.24) is 9.97 Å². The predicted molar refractivity (Wildman–Crippen MR) is 110 cm³/mol. The largest absolute Gasteiger partial charge is 0.354 e. The van der Waals surface area contributed by atoms with Gasteiger partial charge >= 0.3 is 0 Å². The molecule has 6 nitrogen and oxygen atoms in total. The van der Waals surface area contributed by atoms with Crippen molar-refractivity contribution >= 4 is 40.6 Å². The number of carbonyl (C=O) groups is 1. The van der Waals surface area contributed by atoms with Crippen LogP contribution in [0.4, 0.5) is 23.1 Å². The molecular formula is C20H20ClN5O. The Morgan fingerprint density at radius 1 is 1.00 bits per heavy atom. The summed E-state index contributed by atoms with van der Waals surface area (Å²) in [4.78, 5) is 19.8. The standard InChI is InChI=1S/C20H20ClN5O/c1-14(27)24-17-6-8-18(9-7-17)25-19-11-13-23-20(26-19)22-12-10-15-2-4-16(21)5-3-15/h2-9,11,13H,10,12H2,1H3,(H,24,27)(H2,22,23,25,26). The van der Waals surface area contributed by atoms with Crippen LogP contribution in [0.25, 0.3) is 0 Å². The normalized spacial score (nSPS) is 10.3. The van der Waals surface area contributed by atoms with E-state index in [0.29, 0.717) is 11.8 Å². The van der Waals surface area contributed by atoms with Gasteiger partial charge in [-0.2, -0.15) is 4.98 Å². The van der Waals surface area contributed by atoms with E-state index in [4.69, 9.17) is 11.6 Å². The molecule has 3 rings (SSSR count). The van der Waals surface area contributed by atoms with Gasteiger partial charge < -0.3 is 16.0 Å². The molecular weight excluding hydrogens is 362 g/mol. The first-order valence-corrected chi connectivity index (χ1v) is 8.92. The number of benzene rings is 2. The van der Waals surface area contributed by atoms with Gasteiger partial charge in [0.05, 0.1) is 0 Å². The Morgan fingerprint density at radius 2 is 1.70 bits per heavy atom. The van der Waals surface area contributed by atoms with Gasteiger partial charge in [0.2, 0.25) is 11.9 Å². The van der Waals surface area contributed by atoms with E-state index in [1.54, 1.807) is 12.3 Å². The molecule has 0 saturated carbocycles. The zero-order valence-electron chi connectivity index (χ0n) is 14.9. The highest BCUT2D eigenvalue weighted by molar-refractivity contribution is 6.30. The van der Waals surface area contributed by atoms with Crippen molar-refractivity contribution in [3.8, 4) is 0 Å². The average Bonchev–Trinajstić information content (AvgIpc) is 2.65. The second-order valence-corrected chi connectivity index (χ2v) is 6.39. The molecule has 0 aliphatic carbocycles. The smallest absolute Gasteiger partial charge is 0.224 e. The molecule has 0 radical (unpaired) electrons. The topological polar surface area (TPSA) is 78.9 Å². The van der Waals surface area contributed by atoms with Crippen LogP contribution in [0.5, 0.6) is 0 Å². The third-order valence-electron chi connectivity index (χ3n) is 3.74. The molecule has 0 spiro atoms. The number of aromatic nitrogens is 2. The summed E-state index contributed by atoms with van der Waals surface area (Å²) in [5, 5.41) is 9.91.